The smallest absolute Gasteiger partial charge is 0.268 e. The standard InChI is InChI=1S/C23H14BrF3N2O/c24-19-10-3-1-6-15(19)12-13-21-28-20-11-4-2-9-18(20)22(30)29(21)17-8-5-7-16(14-17)23(25,26)27/h1-14H. The predicted octanol–water partition coefficient (Wildman–Crippen LogP) is 6.34. The number of aromatic nitrogens is 2. The Hall–Kier alpha value is -3.19. The van der Waals surface area contributed by atoms with E-state index in [4.69, 9.17) is 0 Å². The average Bonchev–Trinajstić information content (AvgIpc) is 2.73. The third-order valence-electron chi connectivity index (χ3n) is 4.55. The summed E-state index contributed by atoms with van der Waals surface area (Å²) in [4.78, 5) is 17.7. The third kappa shape index (κ3) is 3.93. The summed E-state index contributed by atoms with van der Waals surface area (Å²) in [5, 5.41) is 0.327. The first kappa shape index (κ1) is 20.1. The van der Waals surface area contributed by atoms with Gasteiger partial charge in [-0.05, 0) is 48.0 Å². The zero-order valence-electron chi connectivity index (χ0n) is 15.4. The molecule has 30 heavy (non-hydrogen) atoms. The van der Waals surface area contributed by atoms with Crippen LogP contribution in [0.25, 0.3) is 28.7 Å². The third-order valence-corrected chi connectivity index (χ3v) is 5.27. The van der Waals surface area contributed by atoms with E-state index < -0.39 is 17.3 Å². The van der Waals surface area contributed by atoms with Crippen molar-refractivity contribution in [1.82, 2.24) is 9.55 Å². The molecule has 0 atom stereocenters. The summed E-state index contributed by atoms with van der Waals surface area (Å²) in [6.45, 7) is 0. The molecule has 0 amide bonds. The summed E-state index contributed by atoms with van der Waals surface area (Å²) in [5.41, 5.74) is 0.139. The molecule has 1 heterocycles. The first-order chi connectivity index (χ1) is 14.3. The van der Waals surface area contributed by atoms with Crippen molar-refractivity contribution in [3.8, 4) is 5.69 Å². The highest BCUT2D eigenvalue weighted by Gasteiger charge is 2.30. The van der Waals surface area contributed by atoms with Crippen LogP contribution in [0, 0.1) is 0 Å². The first-order valence-corrected chi connectivity index (χ1v) is 9.76. The summed E-state index contributed by atoms with van der Waals surface area (Å²) in [5.74, 6) is 0.230. The molecule has 0 aliphatic carbocycles. The molecule has 0 fully saturated rings. The van der Waals surface area contributed by atoms with Gasteiger partial charge in [-0.3, -0.25) is 9.36 Å². The predicted molar refractivity (Wildman–Crippen MR) is 115 cm³/mol. The summed E-state index contributed by atoms with van der Waals surface area (Å²) in [6.07, 6.45) is -1.15. The van der Waals surface area contributed by atoms with Gasteiger partial charge in [-0.15, -0.1) is 0 Å². The van der Waals surface area contributed by atoms with Gasteiger partial charge in [-0.2, -0.15) is 13.2 Å². The van der Waals surface area contributed by atoms with Gasteiger partial charge >= 0.3 is 6.18 Å². The number of fused-ring (bicyclic) bond motifs is 1. The Morgan fingerprint density at radius 2 is 1.63 bits per heavy atom. The van der Waals surface area contributed by atoms with E-state index >= 15 is 0 Å². The van der Waals surface area contributed by atoms with E-state index in [0.29, 0.717) is 10.9 Å². The topological polar surface area (TPSA) is 34.9 Å². The van der Waals surface area contributed by atoms with Crippen molar-refractivity contribution in [2.24, 2.45) is 0 Å². The average molecular weight is 471 g/mol. The van der Waals surface area contributed by atoms with Crippen LogP contribution in [0.1, 0.15) is 17.0 Å². The van der Waals surface area contributed by atoms with Crippen molar-refractivity contribution >= 4 is 39.0 Å². The molecule has 3 nitrogen and oxygen atoms in total. The molecular formula is C23H14BrF3N2O. The number of alkyl halides is 3. The molecule has 150 valence electrons. The number of halogens is 4. The number of hydrogen-bond donors (Lipinski definition) is 0. The largest absolute Gasteiger partial charge is 0.416 e. The van der Waals surface area contributed by atoms with Gasteiger partial charge in [0.2, 0.25) is 0 Å². The highest BCUT2D eigenvalue weighted by Crippen LogP contribution is 2.30. The molecule has 0 radical (unpaired) electrons. The van der Waals surface area contributed by atoms with Crippen molar-refractivity contribution in [3.63, 3.8) is 0 Å². The molecule has 0 aliphatic rings. The lowest BCUT2D eigenvalue weighted by molar-refractivity contribution is -0.137. The lowest BCUT2D eigenvalue weighted by Crippen LogP contribution is -2.22. The second-order valence-corrected chi connectivity index (χ2v) is 7.38. The maximum absolute atomic E-state index is 13.2. The maximum Gasteiger partial charge on any atom is 0.416 e. The number of hydrogen-bond acceptors (Lipinski definition) is 2. The summed E-state index contributed by atoms with van der Waals surface area (Å²) in [6, 6.07) is 18.9. The minimum Gasteiger partial charge on any atom is -0.268 e. The SMILES string of the molecule is O=c1c2ccccc2nc(C=Cc2ccccc2Br)n1-c1cccc(C(F)(F)F)c1. The molecular weight excluding hydrogens is 457 g/mol. The van der Waals surface area contributed by atoms with Crippen molar-refractivity contribution in [2.45, 2.75) is 6.18 Å². The van der Waals surface area contributed by atoms with Crippen molar-refractivity contribution < 1.29 is 13.2 Å². The van der Waals surface area contributed by atoms with E-state index in [1.165, 1.54) is 16.7 Å². The minimum atomic E-state index is -4.52. The van der Waals surface area contributed by atoms with Crippen LogP contribution in [-0.4, -0.2) is 9.55 Å². The van der Waals surface area contributed by atoms with Gasteiger partial charge in [-0.1, -0.05) is 58.4 Å². The molecule has 0 unspecified atom stereocenters. The Morgan fingerprint density at radius 3 is 2.40 bits per heavy atom. The van der Waals surface area contributed by atoms with Crippen LogP contribution in [0.5, 0.6) is 0 Å². The van der Waals surface area contributed by atoms with Gasteiger partial charge in [0.1, 0.15) is 5.82 Å². The summed E-state index contributed by atoms with van der Waals surface area (Å²) >= 11 is 3.45. The molecule has 3 aromatic carbocycles. The molecule has 0 bridgehead atoms. The van der Waals surface area contributed by atoms with Crippen LogP contribution in [0.3, 0.4) is 0 Å². The van der Waals surface area contributed by atoms with Gasteiger partial charge in [0.05, 0.1) is 22.2 Å². The molecule has 7 heteroatoms. The summed E-state index contributed by atoms with van der Waals surface area (Å²) in [7, 11) is 0. The van der Waals surface area contributed by atoms with Gasteiger partial charge in [-0.25, -0.2) is 4.98 Å². The molecule has 0 saturated heterocycles. The quantitative estimate of drug-likeness (QED) is 0.350. The lowest BCUT2D eigenvalue weighted by atomic mass is 10.1. The molecule has 0 aliphatic heterocycles. The van der Waals surface area contributed by atoms with Gasteiger partial charge in [0, 0.05) is 4.47 Å². The van der Waals surface area contributed by atoms with Crippen LogP contribution < -0.4 is 5.56 Å². The van der Waals surface area contributed by atoms with Crippen LogP contribution in [0.2, 0.25) is 0 Å². The molecule has 0 saturated carbocycles. The van der Waals surface area contributed by atoms with E-state index in [1.807, 2.05) is 24.3 Å². The highest BCUT2D eigenvalue weighted by atomic mass is 79.9. The monoisotopic (exact) mass is 470 g/mol. The Balaban J connectivity index is 1.96. The number of benzene rings is 3. The highest BCUT2D eigenvalue weighted by molar-refractivity contribution is 9.10. The fourth-order valence-corrected chi connectivity index (χ4v) is 3.52. The van der Waals surface area contributed by atoms with Crippen LogP contribution in [0.15, 0.2) is 82.1 Å². The summed E-state index contributed by atoms with van der Waals surface area (Å²) < 4.78 is 41.7. The fraction of sp³-hybridized carbons (Fsp3) is 0.0435. The van der Waals surface area contributed by atoms with E-state index in [1.54, 1.807) is 36.4 Å². The maximum atomic E-state index is 13.2. The Labute approximate surface area is 178 Å². The van der Waals surface area contributed by atoms with E-state index in [0.717, 1.165) is 22.2 Å². The Kier molecular flexibility index (Phi) is 5.30. The van der Waals surface area contributed by atoms with Gasteiger partial charge in [0.15, 0.2) is 0 Å². The molecule has 1 aromatic heterocycles. The molecule has 0 N–H and O–H groups in total. The zero-order valence-corrected chi connectivity index (χ0v) is 17.0. The van der Waals surface area contributed by atoms with Gasteiger partial charge < -0.3 is 0 Å². The second-order valence-electron chi connectivity index (χ2n) is 6.53. The van der Waals surface area contributed by atoms with Gasteiger partial charge in [0.25, 0.3) is 5.56 Å². The molecule has 4 rings (SSSR count). The molecule has 0 spiro atoms. The zero-order chi connectivity index (χ0) is 21.3. The van der Waals surface area contributed by atoms with Crippen molar-refractivity contribution in [2.75, 3.05) is 0 Å². The van der Waals surface area contributed by atoms with E-state index in [2.05, 4.69) is 20.9 Å². The Bertz CT molecular complexity index is 1330. The van der Waals surface area contributed by atoms with Crippen molar-refractivity contribution in [1.29, 1.82) is 0 Å². The van der Waals surface area contributed by atoms with Crippen LogP contribution >= 0.6 is 15.9 Å². The van der Waals surface area contributed by atoms with Crippen LogP contribution in [0.4, 0.5) is 13.2 Å². The first-order valence-electron chi connectivity index (χ1n) is 8.96. The number of para-hydroxylation sites is 1. The fourth-order valence-electron chi connectivity index (χ4n) is 3.11. The minimum absolute atomic E-state index is 0.0971. The number of nitrogens with zero attached hydrogens (tertiary/aromatic N) is 2. The number of rotatable bonds is 3. The van der Waals surface area contributed by atoms with Crippen LogP contribution in [-0.2, 0) is 6.18 Å². The lowest BCUT2D eigenvalue weighted by Gasteiger charge is -2.14. The van der Waals surface area contributed by atoms with Crippen molar-refractivity contribution in [3.05, 3.63) is 105 Å². The normalized spacial score (nSPS) is 12.0. The molecule has 4 aromatic rings. The van der Waals surface area contributed by atoms with E-state index in [-0.39, 0.29) is 11.5 Å². The second kappa shape index (κ2) is 7.91. The Morgan fingerprint density at radius 1 is 0.900 bits per heavy atom. The van der Waals surface area contributed by atoms with E-state index in [9.17, 15) is 18.0 Å².